The molecule has 1 atom stereocenters. The number of unbranched alkanes of at least 4 members (excludes halogenated alkanes) is 1. The first-order valence-electron chi connectivity index (χ1n) is 9.16. The number of alkyl halides is 6. The van der Waals surface area contributed by atoms with Gasteiger partial charge in [0.15, 0.2) is 0 Å². The van der Waals surface area contributed by atoms with Gasteiger partial charge in [0.1, 0.15) is 0 Å². The van der Waals surface area contributed by atoms with Crippen molar-refractivity contribution in [2.75, 3.05) is 0 Å². The van der Waals surface area contributed by atoms with E-state index in [9.17, 15) is 34.8 Å². The molecule has 1 unspecified atom stereocenters. The highest BCUT2D eigenvalue weighted by Gasteiger charge is 2.64. The molecule has 1 heterocycles. The predicted molar refractivity (Wildman–Crippen MR) is 107 cm³/mol. The minimum Gasteiger partial charge on any atom is -0.196 e. The Balaban J connectivity index is 2.33. The first-order chi connectivity index (χ1) is 14.3. The van der Waals surface area contributed by atoms with Gasteiger partial charge in [0, 0.05) is 20.1 Å². The smallest absolute Gasteiger partial charge is 0.196 e. The summed E-state index contributed by atoms with van der Waals surface area (Å²) in [5.41, 5.74) is -11.0. The van der Waals surface area contributed by atoms with E-state index in [1.165, 1.54) is 30.3 Å². The molecule has 170 valence electrons. The fourth-order valence-electron chi connectivity index (χ4n) is 3.32. The van der Waals surface area contributed by atoms with E-state index in [1.54, 1.807) is 12.1 Å². The van der Waals surface area contributed by atoms with Crippen molar-refractivity contribution < 1.29 is 38.4 Å². The van der Waals surface area contributed by atoms with Crippen LogP contribution in [0.2, 0.25) is 0 Å². The second-order valence-electron chi connectivity index (χ2n) is 6.78. The van der Waals surface area contributed by atoms with Crippen LogP contribution >= 0.6 is 10.3 Å². The van der Waals surface area contributed by atoms with Crippen LogP contribution in [0.4, 0.5) is 26.3 Å². The summed E-state index contributed by atoms with van der Waals surface area (Å²) in [6, 6.07) is 10.8. The molecule has 0 bridgehead atoms. The lowest BCUT2D eigenvalue weighted by atomic mass is 10.0. The van der Waals surface area contributed by atoms with Gasteiger partial charge in [-0.1, -0.05) is 55.8 Å². The van der Waals surface area contributed by atoms with Crippen molar-refractivity contribution in [1.29, 1.82) is 0 Å². The average molecular weight is 484 g/mol. The van der Waals surface area contributed by atoms with Gasteiger partial charge < -0.3 is 0 Å². The van der Waals surface area contributed by atoms with Crippen LogP contribution in [0.3, 0.4) is 0 Å². The van der Waals surface area contributed by atoms with Gasteiger partial charge in [-0.05, 0) is 41.7 Å². The maximum Gasteiger partial charge on any atom is 0.523 e. The molecule has 0 fully saturated rings. The highest BCUT2D eigenvalue weighted by molar-refractivity contribution is 8.41. The van der Waals surface area contributed by atoms with Gasteiger partial charge in [-0.15, -0.1) is 0 Å². The van der Waals surface area contributed by atoms with E-state index in [-0.39, 0.29) is 11.1 Å². The van der Waals surface area contributed by atoms with Crippen molar-refractivity contribution in [1.82, 2.24) is 0 Å². The van der Waals surface area contributed by atoms with Gasteiger partial charge in [0.25, 0.3) is 0 Å². The van der Waals surface area contributed by atoms with Crippen LogP contribution in [0, 0.1) is 0 Å². The first kappa shape index (κ1) is 23.7. The van der Waals surface area contributed by atoms with Gasteiger partial charge in [0.05, 0.1) is 0 Å². The summed E-state index contributed by atoms with van der Waals surface area (Å²) in [7, 11) is -11.6. The molecule has 0 amide bonds. The van der Waals surface area contributed by atoms with Crippen molar-refractivity contribution in [3.05, 3.63) is 65.2 Å². The van der Waals surface area contributed by atoms with Crippen molar-refractivity contribution in [2.45, 2.75) is 42.1 Å². The largest absolute Gasteiger partial charge is 0.523 e. The SMILES string of the molecule is CCCCc1ccccc1C1=Cc2ccccc2S1(OS(=O)(=O)C(F)(F)F)C(F)(F)F. The summed E-state index contributed by atoms with van der Waals surface area (Å²) in [5.74, 6) is 0. The molecule has 0 N–H and O–H groups in total. The van der Waals surface area contributed by atoms with E-state index in [2.05, 4.69) is 3.63 Å². The van der Waals surface area contributed by atoms with Gasteiger partial charge in [-0.2, -0.15) is 38.4 Å². The molecule has 2 aromatic carbocycles. The molecule has 0 radical (unpaired) electrons. The molecule has 0 aliphatic carbocycles. The highest BCUT2D eigenvalue weighted by Crippen LogP contribution is 2.80. The molecule has 0 saturated carbocycles. The molecular formula is C20H18F6O3S2. The minimum atomic E-state index is -6.56. The zero-order chi connectivity index (χ0) is 23.1. The lowest BCUT2D eigenvalue weighted by Crippen LogP contribution is -2.32. The summed E-state index contributed by atoms with van der Waals surface area (Å²) < 4.78 is 111. The van der Waals surface area contributed by atoms with E-state index in [4.69, 9.17) is 0 Å². The van der Waals surface area contributed by atoms with Crippen LogP contribution in [0.5, 0.6) is 0 Å². The topological polar surface area (TPSA) is 43.4 Å². The van der Waals surface area contributed by atoms with E-state index >= 15 is 0 Å². The predicted octanol–water partition coefficient (Wildman–Crippen LogP) is 7.01. The summed E-state index contributed by atoms with van der Waals surface area (Å²) in [6.45, 7) is 1.89. The molecular weight excluding hydrogens is 466 g/mol. The Bertz CT molecular complexity index is 1110. The monoisotopic (exact) mass is 484 g/mol. The maximum atomic E-state index is 14.6. The molecule has 1 aliphatic rings. The molecule has 0 aromatic heterocycles. The van der Waals surface area contributed by atoms with Crippen LogP contribution in [0.25, 0.3) is 11.0 Å². The molecule has 1 aliphatic heterocycles. The molecule has 11 heteroatoms. The highest BCUT2D eigenvalue weighted by atomic mass is 32.3. The van der Waals surface area contributed by atoms with Crippen molar-refractivity contribution >= 4 is 31.4 Å². The van der Waals surface area contributed by atoms with Crippen molar-refractivity contribution in [3.8, 4) is 0 Å². The normalized spacial score (nSPS) is 21.3. The van der Waals surface area contributed by atoms with Crippen LogP contribution in [-0.2, 0) is 20.2 Å². The van der Waals surface area contributed by atoms with E-state index in [1.807, 2.05) is 6.92 Å². The second-order valence-corrected chi connectivity index (χ2v) is 11.1. The third kappa shape index (κ3) is 4.10. The molecule has 0 saturated heterocycles. The van der Waals surface area contributed by atoms with Crippen LogP contribution in [0.15, 0.2) is 53.4 Å². The molecule has 2 aromatic rings. The summed E-state index contributed by atoms with van der Waals surface area (Å²) in [6.07, 6.45) is 2.83. The number of aryl methyl sites for hydroxylation is 1. The Kier molecular flexibility index (Phi) is 6.25. The molecule has 31 heavy (non-hydrogen) atoms. The quantitative estimate of drug-likeness (QED) is 0.327. The maximum absolute atomic E-state index is 14.6. The third-order valence-corrected chi connectivity index (χ3v) is 9.41. The Morgan fingerprint density at radius 1 is 0.935 bits per heavy atom. The Labute approximate surface area is 177 Å². The number of benzene rings is 2. The number of fused-ring (bicyclic) bond motifs is 1. The molecule has 3 nitrogen and oxygen atoms in total. The van der Waals surface area contributed by atoms with E-state index in [0.717, 1.165) is 18.6 Å². The summed E-state index contributed by atoms with van der Waals surface area (Å²) in [5, 5.41) is 0. The number of halogens is 6. The van der Waals surface area contributed by atoms with Crippen LogP contribution in [-0.4, -0.2) is 19.4 Å². The van der Waals surface area contributed by atoms with Crippen LogP contribution < -0.4 is 0 Å². The zero-order valence-electron chi connectivity index (χ0n) is 16.1. The van der Waals surface area contributed by atoms with Gasteiger partial charge in [-0.25, -0.2) is 0 Å². The Morgan fingerprint density at radius 3 is 2.16 bits per heavy atom. The van der Waals surface area contributed by atoms with Gasteiger partial charge >= 0.3 is 21.1 Å². The van der Waals surface area contributed by atoms with Gasteiger partial charge in [0.2, 0.25) is 0 Å². The fraction of sp³-hybridized carbons (Fsp3) is 0.300. The van der Waals surface area contributed by atoms with E-state index < -0.39 is 41.2 Å². The molecule has 3 rings (SSSR count). The lowest BCUT2D eigenvalue weighted by molar-refractivity contribution is -0.0543. The van der Waals surface area contributed by atoms with Crippen molar-refractivity contribution in [3.63, 3.8) is 0 Å². The third-order valence-electron chi connectivity index (χ3n) is 4.71. The Hall–Kier alpha value is -1.98. The second kappa shape index (κ2) is 8.18. The fourth-order valence-corrected chi connectivity index (χ4v) is 7.86. The number of hydrogen-bond donors (Lipinski definition) is 0. The number of rotatable bonds is 6. The standard InChI is InChI=1S/C20H18F6O3S2/c1-2-3-8-14-9-4-6-11-16(14)18-13-15-10-5-7-12-17(15)30(18,19(21,22)23)29-31(27,28)20(24,25)26/h4-7,9-13H,2-3,8H2,1H3. The number of hydrogen-bond acceptors (Lipinski definition) is 3. The average Bonchev–Trinajstić information content (AvgIpc) is 3.00. The van der Waals surface area contributed by atoms with Crippen molar-refractivity contribution in [2.24, 2.45) is 0 Å². The first-order valence-corrected chi connectivity index (χ1v) is 12.1. The molecule has 0 spiro atoms. The summed E-state index contributed by atoms with van der Waals surface area (Å²) >= 11 is 0. The minimum absolute atomic E-state index is 0.0249. The lowest BCUT2D eigenvalue weighted by Gasteiger charge is -2.39. The Morgan fingerprint density at radius 2 is 1.55 bits per heavy atom. The van der Waals surface area contributed by atoms with E-state index in [0.29, 0.717) is 18.4 Å². The zero-order valence-corrected chi connectivity index (χ0v) is 17.8. The summed E-state index contributed by atoms with van der Waals surface area (Å²) in [4.78, 5) is -1.24. The van der Waals surface area contributed by atoms with Gasteiger partial charge in [-0.3, -0.25) is 0 Å². The van der Waals surface area contributed by atoms with Crippen LogP contribution in [0.1, 0.15) is 36.5 Å².